The van der Waals surface area contributed by atoms with E-state index in [4.69, 9.17) is 0 Å². The normalized spacial score (nSPS) is 62.5. The molecule has 34 valence electrons. The zero-order chi connectivity index (χ0) is 4.15. The molecule has 2 rings (SSSR count). The largest absolute Gasteiger partial charge is 0.142 e. The Morgan fingerprint density at radius 3 is 2.17 bits per heavy atom. The van der Waals surface area contributed by atoms with Crippen molar-refractivity contribution in [1.82, 2.24) is 0 Å². The molecule has 2 fully saturated rings. The molecule has 0 radical (unpaired) electrons. The van der Waals surface area contributed by atoms with Gasteiger partial charge in [0.2, 0.25) is 0 Å². The van der Waals surface area contributed by atoms with Gasteiger partial charge in [-0.25, -0.2) is 0 Å². The van der Waals surface area contributed by atoms with Gasteiger partial charge in [0, 0.05) is 10.5 Å². The molecule has 0 N–H and O–H groups in total. The van der Waals surface area contributed by atoms with Gasteiger partial charge in [0.05, 0.1) is 4.58 Å². The molecule has 0 aliphatic carbocycles. The monoisotopic (exact) mass is 118 g/mol. The minimum atomic E-state index is 0.986. The molecule has 2 aliphatic rings. The molecule has 0 spiro atoms. The minimum Gasteiger partial charge on any atom is -0.142 e. The van der Waals surface area contributed by atoms with E-state index in [1.54, 1.807) is 0 Å². The summed E-state index contributed by atoms with van der Waals surface area (Å²) < 4.78 is 1.04. The van der Waals surface area contributed by atoms with Gasteiger partial charge in [-0.2, -0.15) is 0 Å². The van der Waals surface area contributed by atoms with Crippen LogP contribution in [0.25, 0.3) is 0 Å². The van der Waals surface area contributed by atoms with Crippen LogP contribution in [0.2, 0.25) is 0 Å². The molecule has 2 saturated heterocycles. The van der Waals surface area contributed by atoms with Gasteiger partial charge in [0.1, 0.15) is 0 Å². The molecular weight excluding hydrogens is 112 g/mol. The minimum absolute atomic E-state index is 0.986. The van der Waals surface area contributed by atoms with Crippen molar-refractivity contribution >= 4 is 23.5 Å². The number of rotatable bonds is 0. The van der Waals surface area contributed by atoms with E-state index in [-0.39, 0.29) is 0 Å². The summed E-state index contributed by atoms with van der Waals surface area (Å²) in [5.74, 6) is 0. The average Bonchev–Trinajstić information content (AvgIpc) is 2.12. The van der Waals surface area contributed by atoms with Crippen molar-refractivity contribution in [2.24, 2.45) is 0 Å². The zero-order valence-electron chi connectivity index (χ0n) is 3.55. The first-order valence-corrected chi connectivity index (χ1v) is 4.07. The molecule has 3 unspecified atom stereocenters. The second-order valence-corrected chi connectivity index (χ2v) is 4.96. The van der Waals surface area contributed by atoms with Gasteiger partial charge in [0.25, 0.3) is 0 Å². The van der Waals surface area contributed by atoms with Crippen LogP contribution < -0.4 is 0 Å². The smallest absolute Gasteiger partial charge is 0.0638 e. The first-order chi connectivity index (χ1) is 2.88. The lowest BCUT2D eigenvalue weighted by molar-refractivity contribution is 0.929. The van der Waals surface area contributed by atoms with Gasteiger partial charge in [-0.15, -0.1) is 23.5 Å². The number of hydrogen-bond acceptors (Lipinski definition) is 2. The van der Waals surface area contributed by atoms with Crippen LogP contribution in [-0.4, -0.2) is 15.1 Å². The Balaban J connectivity index is 2.08. The third kappa shape index (κ3) is 0.298. The van der Waals surface area contributed by atoms with Gasteiger partial charge in [-0.05, 0) is 0 Å². The Labute approximate surface area is 46.1 Å². The van der Waals surface area contributed by atoms with Crippen molar-refractivity contribution < 1.29 is 0 Å². The summed E-state index contributed by atoms with van der Waals surface area (Å²) in [5.41, 5.74) is 0. The highest BCUT2D eigenvalue weighted by Crippen LogP contribution is 2.64. The lowest BCUT2D eigenvalue weighted by Gasteiger charge is -2.15. The van der Waals surface area contributed by atoms with Crippen molar-refractivity contribution in [1.29, 1.82) is 0 Å². The topological polar surface area (TPSA) is 0 Å². The molecule has 0 aromatic rings. The van der Waals surface area contributed by atoms with E-state index in [2.05, 4.69) is 30.4 Å². The maximum atomic E-state index is 2.31. The van der Waals surface area contributed by atoms with Gasteiger partial charge in [0.15, 0.2) is 0 Å². The number of thioether (sulfide) groups is 2. The van der Waals surface area contributed by atoms with E-state index in [9.17, 15) is 0 Å². The van der Waals surface area contributed by atoms with Crippen LogP contribution in [0.15, 0.2) is 0 Å². The summed E-state index contributed by atoms with van der Waals surface area (Å²) in [6, 6.07) is 0. The third-order valence-corrected chi connectivity index (χ3v) is 4.83. The van der Waals surface area contributed by atoms with E-state index in [1.807, 2.05) is 0 Å². The Morgan fingerprint density at radius 1 is 1.33 bits per heavy atom. The van der Waals surface area contributed by atoms with Crippen LogP contribution in [0.4, 0.5) is 0 Å². The highest BCUT2D eigenvalue weighted by atomic mass is 32.2. The molecule has 6 heavy (non-hydrogen) atoms. The lowest BCUT2D eigenvalue weighted by atomic mass is 10.3. The molecule has 0 nitrogen and oxygen atoms in total. The molecule has 0 saturated carbocycles. The maximum Gasteiger partial charge on any atom is 0.0638 e. The van der Waals surface area contributed by atoms with Gasteiger partial charge >= 0.3 is 0 Å². The molecule has 0 bridgehead atoms. The molecule has 2 heterocycles. The van der Waals surface area contributed by atoms with Crippen LogP contribution in [0, 0.1) is 0 Å². The van der Waals surface area contributed by atoms with E-state index in [0.717, 1.165) is 15.1 Å². The fraction of sp³-hybridized carbons (Fsp3) is 1.00. The van der Waals surface area contributed by atoms with Crippen molar-refractivity contribution in [3.63, 3.8) is 0 Å². The highest BCUT2D eigenvalue weighted by Gasteiger charge is 2.53. The summed E-state index contributed by atoms with van der Waals surface area (Å²) >= 11 is 4.25. The molecule has 2 aliphatic heterocycles. The van der Waals surface area contributed by atoms with Crippen molar-refractivity contribution in [3.8, 4) is 0 Å². The van der Waals surface area contributed by atoms with Crippen LogP contribution in [0.5, 0.6) is 0 Å². The van der Waals surface area contributed by atoms with Crippen molar-refractivity contribution in [3.05, 3.63) is 0 Å². The Hall–Kier alpha value is 0.700. The molecule has 0 aromatic carbocycles. The van der Waals surface area contributed by atoms with E-state index in [0.29, 0.717) is 0 Å². The van der Waals surface area contributed by atoms with Crippen LogP contribution >= 0.6 is 23.5 Å². The van der Waals surface area contributed by atoms with Crippen LogP contribution in [-0.2, 0) is 0 Å². The summed E-state index contributed by atoms with van der Waals surface area (Å²) in [6.07, 6.45) is 0. The predicted octanol–water partition coefficient (Wildman–Crippen LogP) is 1.56. The first-order valence-electron chi connectivity index (χ1n) is 2.19. The zero-order valence-corrected chi connectivity index (χ0v) is 5.18. The van der Waals surface area contributed by atoms with Crippen LogP contribution in [0.1, 0.15) is 6.92 Å². The molecule has 3 atom stereocenters. The highest BCUT2D eigenvalue weighted by molar-refractivity contribution is 8.28. The molecule has 0 aromatic heterocycles. The lowest BCUT2D eigenvalue weighted by Crippen LogP contribution is -2.17. The summed E-state index contributed by atoms with van der Waals surface area (Å²) in [7, 11) is 0. The molecular formula is C4H6S2. The fourth-order valence-electron chi connectivity index (χ4n) is 0.750. The second-order valence-electron chi connectivity index (χ2n) is 1.81. The summed E-state index contributed by atoms with van der Waals surface area (Å²) in [4.78, 5) is 0. The van der Waals surface area contributed by atoms with E-state index in [1.165, 1.54) is 0 Å². The summed E-state index contributed by atoms with van der Waals surface area (Å²) in [5, 5.41) is 2.06. The van der Waals surface area contributed by atoms with Gasteiger partial charge < -0.3 is 0 Å². The van der Waals surface area contributed by atoms with Crippen LogP contribution in [0.3, 0.4) is 0 Å². The standard InChI is InChI=1S/C4H6S2/c1-2-3-4(5-2)6-3/h2-4H,1H3. The van der Waals surface area contributed by atoms with Gasteiger partial charge in [-0.1, -0.05) is 6.92 Å². The van der Waals surface area contributed by atoms with Crippen molar-refractivity contribution in [2.75, 3.05) is 0 Å². The Morgan fingerprint density at radius 2 is 2.17 bits per heavy atom. The average molecular weight is 118 g/mol. The molecule has 0 amide bonds. The first kappa shape index (κ1) is 3.67. The quantitative estimate of drug-likeness (QED) is 0.443. The van der Waals surface area contributed by atoms with E-state index >= 15 is 0 Å². The van der Waals surface area contributed by atoms with Gasteiger partial charge in [-0.3, -0.25) is 0 Å². The number of fused-ring (bicyclic) bond motifs is 1. The van der Waals surface area contributed by atoms with E-state index < -0.39 is 0 Å². The van der Waals surface area contributed by atoms with Crippen molar-refractivity contribution in [2.45, 2.75) is 22.0 Å². The Bertz CT molecular complexity index is 81.6. The molecule has 2 heteroatoms. The SMILES string of the molecule is CC1SC2SC12. The maximum absolute atomic E-state index is 2.31. The summed E-state index contributed by atoms with van der Waals surface area (Å²) in [6.45, 7) is 2.31. The third-order valence-electron chi connectivity index (χ3n) is 1.29. The second kappa shape index (κ2) is 0.920. The number of hydrogen-bond donors (Lipinski definition) is 0. The fourth-order valence-corrected chi connectivity index (χ4v) is 4.12. The predicted molar refractivity (Wildman–Crippen MR) is 32.2 cm³/mol. The Kier molecular flexibility index (Phi) is 0.563.